The van der Waals surface area contributed by atoms with E-state index >= 15 is 0 Å². The van der Waals surface area contributed by atoms with E-state index in [-0.39, 0.29) is 24.5 Å². The Morgan fingerprint density at radius 1 is 1.12 bits per heavy atom. The molecule has 0 aliphatic carbocycles. The second kappa shape index (κ2) is 12.7. The number of nitrogens with zero attached hydrogens (tertiary/aromatic N) is 4. The summed E-state index contributed by atoms with van der Waals surface area (Å²) in [6.45, 7) is -0.671. The second-order valence-electron chi connectivity index (χ2n) is 9.80. The van der Waals surface area contributed by atoms with E-state index in [9.17, 15) is 33.3 Å². The number of carbonyl (C=O) groups is 1. The fourth-order valence-corrected chi connectivity index (χ4v) is 6.46. The van der Waals surface area contributed by atoms with Crippen molar-refractivity contribution in [2.45, 2.75) is 42.6 Å². The number of methoxy groups -OCH3 is 1. The van der Waals surface area contributed by atoms with Crippen LogP contribution in [0.3, 0.4) is 0 Å². The van der Waals surface area contributed by atoms with Crippen LogP contribution in [0.4, 0.5) is 18.9 Å². The van der Waals surface area contributed by atoms with Crippen molar-refractivity contribution in [3.05, 3.63) is 62.9 Å². The minimum atomic E-state index is -1.64. The Hall–Kier alpha value is -2.44. The van der Waals surface area contributed by atoms with E-state index in [2.05, 4.69) is 42.2 Å². The molecular formula is C26H25Br2F3N4O7. The number of halogens is 5. The number of aliphatic hydroxyl groups excluding tert-OH is 3. The number of anilines is 1. The van der Waals surface area contributed by atoms with Gasteiger partial charge in [0, 0.05) is 27.3 Å². The minimum absolute atomic E-state index is 0.00420. The molecule has 16 heteroatoms. The number of aliphatic hydroxyl groups is 3. The lowest BCUT2D eigenvalue weighted by Crippen LogP contribution is -2.63. The van der Waals surface area contributed by atoms with Crippen molar-refractivity contribution in [2.24, 2.45) is 0 Å². The van der Waals surface area contributed by atoms with Crippen LogP contribution in [-0.2, 0) is 19.0 Å². The molecule has 3 heterocycles. The highest BCUT2D eigenvalue weighted by molar-refractivity contribution is 9.11. The fraction of sp³-hybridized carbons (Fsp3) is 0.423. The molecule has 2 saturated heterocycles. The van der Waals surface area contributed by atoms with E-state index in [4.69, 9.17) is 14.2 Å². The molecule has 3 N–H and O–H groups in total. The first-order valence-corrected chi connectivity index (χ1v) is 14.2. The zero-order valence-electron chi connectivity index (χ0n) is 21.8. The van der Waals surface area contributed by atoms with Crippen LogP contribution in [0.2, 0.25) is 0 Å². The first-order valence-electron chi connectivity index (χ1n) is 12.6. The van der Waals surface area contributed by atoms with E-state index in [1.165, 1.54) is 18.2 Å². The summed E-state index contributed by atoms with van der Waals surface area (Å²) in [5.74, 6) is -5.16. The highest BCUT2D eigenvalue weighted by atomic mass is 79.9. The third kappa shape index (κ3) is 5.86. The molecule has 0 unspecified atom stereocenters. The smallest absolute Gasteiger partial charge is 0.259 e. The van der Waals surface area contributed by atoms with Crippen LogP contribution < -0.4 is 4.90 Å². The largest absolute Gasteiger partial charge is 0.394 e. The topological polar surface area (TPSA) is 139 Å². The van der Waals surface area contributed by atoms with Crippen LogP contribution in [0, 0.1) is 17.5 Å². The molecule has 3 aromatic rings. The summed E-state index contributed by atoms with van der Waals surface area (Å²) >= 11 is 6.82. The van der Waals surface area contributed by atoms with Crippen LogP contribution in [0.25, 0.3) is 11.3 Å². The van der Waals surface area contributed by atoms with Crippen LogP contribution in [-0.4, -0.2) is 99.7 Å². The molecule has 1 amide bonds. The summed E-state index contributed by atoms with van der Waals surface area (Å²) in [5, 5.41) is 39.8. The maximum atomic E-state index is 14.3. The fourth-order valence-electron chi connectivity index (χ4n) is 5.19. The molecule has 1 aromatic heterocycles. The van der Waals surface area contributed by atoms with Crippen LogP contribution in [0.15, 0.2) is 45.5 Å². The Morgan fingerprint density at radius 2 is 1.79 bits per heavy atom. The second-order valence-corrected chi connectivity index (χ2v) is 11.6. The van der Waals surface area contributed by atoms with Gasteiger partial charge in [-0.05, 0) is 30.3 Å². The zero-order valence-corrected chi connectivity index (χ0v) is 25.0. The van der Waals surface area contributed by atoms with Gasteiger partial charge in [0.25, 0.3) is 5.91 Å². The van der Waals surface area contributed by atoms with Gasteiger partial charge >= 0.3 is 0 Å². The number of ether oxygens (including phenoxy) is 3. The summed E-state index contributed by atoms with van der Waals surface area (Å²) in [6, 6.07) is 4.58. The van der Waals surface area contributed by atoms with E-state index in [1.54, 1.807) is 18.2 Å². The lowest BCUT2D eigenvalue weighted by atomic mass is 9.91. The normalized spacial score (nSPS) is 27.8. The minimum Gasteiger partial charge on any atom is -0.394 e. The molecule has 0 spiro atoms. The molecular weight excluding hydrogens is 697 g/mol. The van der Waals surface area contributed by atoms with Gasteiger partial charge in [0.1, 0.15) is 36.2 Å². The van der Waals surface area contributed by atoms with E-state index < -0.39 is 72.6 Å². The molecule has 0 radical (unpaired) electrons. The number of rotatable bonds is 7. The number of benzene rings is 2. The maximum absolute atomic E-state index is 14.3. The van der Waals surface area contributed by atoms with Crippen molar-refractivity contribution < 1.29 is 47.5 Å². The van der Waals surface area contributed by atoms with Gasteiger partial charge in [-0.2, -0.15) is 0 Å². The first kappa shape index (κ1) is 31.0. The van der Waals surface area contributed by atoms with Crippen molar-refractivity contribution in [2.75, 3.05) is 31.8 Å². The Bertz CT molecular complexity index is 1420. The standard InChI is InChI=1S/C26H25Br2F3N4O7/c1-40-24-22(34-7-17(32-33-34)11-2-15(29)21(31)16(30)3-11)23(38)20(8-36)42-25(24)26(39)35(18-9-41-10-19(18)37)14-5-12(27)4-13(28)6-14/h2-7,18-20,22-25,36-38H,8-10H2,1H3/t18-,19-,20-,22+,23+,24-,25-/m1/s1. The van der Waals surface area contributed by atoms with Gasteiger partial charge in [0.05, 0.1) is 32.1 Å². The maximum Gasteiger partial charge on any atom is 0.259 e. The number of hydrogen-bond donors (Lipinski definition) is 3. The summed E-state index contributed by atoms with van der Waals surface area (Å²) in [6.07, 6.45) is -5.23. The first-order chi connectivity index (χ1) is 20.0. The van der Waals surface area contributed by atoms with Gasteiger partial charge in [0.15, 0.2) is 23.6 Å². The highest BCUT2D eigenvalue weighted by Gasteiger charge is 2.52. The summed E-state index contributed by atoms with van der Waals surface area (Å²) in [7, 11) is 1.28. The summed E-state index contributed by atoms with van der Waals surface area (Å²) < 4.78 is 60.6. The van der Waals surface area contributed by atoms with E-state index in [0.717, 1.165) is 16.8 Å². The Labute approximate surface area is 254 Å². The summed E-state index contributed by atoms with van der Waals surface area (Å²) in [5.41, 5.74) is 0.207. The SMILES string of the molecule is CO[C@@H]1[C@@H](n2cc(-c3cc(F)c(F)c(F)c3)nn2)[C@@H](O)[C@@H](CO)O[C@H]1C(=O)N(c1cc(Br)cc(Br)c1)[C@@H]1COC[C@H]1O. The van der Waals surface area contributed by atoms with Crippen LogP contribution in [0.5, 0.6) is 0 Å². The molecule has 2 aliphatic heterocycles. The van der Waals surface area contributed by atoms with Crippen LogP contribution >= 0.6 is 31.9 Å². The third-order valence-corrected chi connectivity index (χ3v) is 8.11. The number of hydrogen-bond acceptors (Lipinski definition) is 9. The molecule has 7 atom stereocenters. The lowest BCUT2D eigenvalue weighted by Gasteiger charge is -2.45. The number of carbonyl (C=O) groups excluding carboxylic acids is 1. The van der Waals surface area contributed by atoms with Crippen molar-refractivity contribution in [3.8, 4) is 11.3 Å². The summed E-state index contributed by atoms with van der Waals surface area (Å²) in [4.78, 5) is 15.6. The number of aromatic nitrogens is 3. The monoisotopic (exact) mass is 720 g/mol. The molecule has 11 nitrogen and oxygen atoms in total. The van der Waals surface area contributed by atoms with Crippen LogP contribution in [0.1, 0.15) is 6.04 Å². The predicted octanol–water partition coefficient (Wildman–Crippen LogP) is 2.36. The molecule has 0 saturated carbocycles. The molecule has 5 rings (SSSR count). The predicted molar refractivity (Wildman–Crippen MR) is 147 cm³/mol. The number of amides is 1. The molecule has 0 bridgehead atoms. The Kier molecular flexibility index (Phi) is 9.34. The Morgan fingerprint density at radius 3 is 2.36 bits per heavy atom. The van der Waals surface area contributed by atoms with Crippen molar-refractivity contribution >= 4 is 43.5 Å². The van der Waals surface area contributed by atoms with E-state index in [1.807, 2.05) is 0 Å². The quantitative estimate of drug-likeness (QED) is 0.314. The Balaban J connectivity index is 1.54. The van der Waals surface area contributed by atoms with Crippen molar-refractivity contribution in [3.63, 3.8) is 0 Å². The highest BCUT2D eigenvalue weighted by Crippen LogP contribution is 2.36. The molecule has 2 aromatic carbocycles. The molecule has 226 valence electrons. The lowest BCUT2D eigenvalue weighted by molar-refractivity contribution is -0.211. The van der Waals surface area contributed by atoms with Gasteiger partial charge in [0.2, 0.25) is 0 Å². The van der Waals surface area contributed by atoms with Crippen molar-refractivity contribution in [1.82, 2.24) is 15.0 Å². The van der Waals surface area contributed by atoms with Gasteiger partial charge in [-0.15, -0.1) is 5.10 Å². The molecule has 42 heavy (non-hydrogen) atoms. The van der Waals surface area contributed by atoms with Gasteiger partial charge in [-0.25, -0.2) is 17.9 Å². The van der Waals surface area contributed by atoms with Gasteiger partial charge < -0.3 is 34.4 Å². The molecule has 2 fully saturated rings. The van der Waals surface area contributed by atoms with Gasteiger partial charge in [-0.3, -0.25) is 4.79 Å². The molecule has 2 aliphatic rings. The third-order valence-electron chi connectivity index (χ3n) is 7.19. The van der Waals surface area contributed by atoms with Crippen molar-refractivity contribution in [1.29, 1.82) is 0 Å². The zero-order chi connectivity index (χ0) is 30.3. The van der Waals surface area contributed by atoms with E-state index in [0.29, 0.717) is 14.6 Å². The van der Waals surface area contributed by atoms with Gasteiger partial charge in [-0.1, -0.05) is 37.1 Å². The average Bonchev–Trinajstić information content (AvgIpc) is 3.60. The average molecular weight is 722 g/mol.